The van der Waals surface area contributed by atoms with Crippen LogP contribution in [0.4, 0.5) is 5.69 Å². The van der Waals surface area contributed by atoms with Gasteiger partial charge in [-0.1, -0.05) is 45.0 Å². The van der Waals surface area contributed by atoms with Crippen LogP contribution in [0, 0.1) is 0 Å². The normalized spacial score (nSPS) is 21.4. The maximum absolute atomic E-state index is 13.0. The summed E-state index contributed by atoms with van der Waals surface area (Å²) in [5, 5.41) is 12.1. The zero-order chi connectivity index (χ0) is 33.3. The van der Waals surface area contributed by atoms with E-state index in [9.17, 15) is 9.59 Å². The molecular formula is C38H47N5O4. The van der Waals surface area contributed by atoms with Gasteiger partial charge in [-0.2, -0.15) is 0 Å². The van der Waals surface area contributed by atoms with E-state index in [1.807, 2.05) is 30.5 Å². The van der Waals surface area contributed by atoms with Gasteiger partial charge in [0.15, 0.2) is 11.5 Å². The molecule has 2 aromatic heterocycles. The highest BCUT2D eigenvalue weighted by Crippen LogP contribution is 2.42. The molecule has 9 nitrogen and oxygen atoms in total. The van der Waals surface area contributed by atoms with Crippen LogP contribution >= 0.6 is 0 Å². The van der Waals surface area contributed by atoms with E-state index in [4.69, 9.17) is 9.47 Å². The SMILES string of the molecule is COC(=O)c1cc(NC(=O)CCC[C@H]2CC[C@@H](Oc3ccc4nnc([C@]5(C)CCCN5C)n4c3)c3ccccc32)cc(C(C)(C)C)c1. The minimum atomic E-state index is -0.417. The van der Waals surface area contributed by atoms with Crippen molar-refractivity contribution in [3.63, 3.8) is 0 Å². The van der Waals surface area contributed by atoms with Crippen molar-refractivity contribution < 1.29 is 19.1 Å². The van der Waals surface area contributed by atoms with Gasteiger partial charge in [-0.3, -0.25) is 14.1 Å². The van der Waals surface area contributed by atoms with E-state index >= 15 is 0 Å². The molecule has 6 rings (SSSR count). The maximum Gasteiger partial charge on any atom is 0.337 e. The van der Waals surface area contributed by atoms with Crippen molar-refractivity contribution in [2.24, 2.45) is 0 Å². The molecule has 1 amide bonds. The summed E-state index contributed by atoms with van der Waals surface area (Å²) in [4.78, 5) is 27.7. The number of amides is 1. The predicted molar refractivity (Wildman–Crippen MR) is 183 cm³/mol. The lowest BCUT2D eigenvalue weighted by molar-refractivity contribution is -0.116. The Hall–Kier alpha value is -4.24. The molecule has 0 bridgehead atoms. The molecule has 1 N–H and O–H groups in total. The molecule has 2 aliphatic rings. The maximum atomic E-state index is 13.0. The third-order valence-electron chi connectivity index (χ3n) is 10.2. The minimum absolute atomic E-state index is 0.0491. The second-order valence-corrected chi connectivity index (χ2v) is 14.4. The molecule has 1 fully saturated rings. The van der Waals surface area contributed by atoms with Crippen LogP contribution in [0.5, 0.6) is 5.75 Å². The molecule has 1 aliphatic heterocycles. The summed E-state index contributed by atoms with van der Waals surface area (Å²) in [6.07, 6.45) is 8.16. The first-order chi connectivity index (χ1) is 22.5. The number of methoxy groups -OCH3 is 1. The number of hydrogen-bond acceptors (Lipinski definition) is 7. The van der Waals surface area contributed by atoms with Crippen molar-refractivity contribution in [2.45, 2.75) is 95.6 Å². The topological polar surface area (TPSA) is 98.1 Å². The van der Waals surface area contributed by atoms with E-state index < -0.39 is 5.97 Å². The number of fused-ring (bicyclic) bond motifs is 2. The van der Waals surface area contributed by atoms with E-state index in [1.165, 1.54) is 18.2 Å². The van der Waals surface area contributed by atoms with E-state index in [2.05, 4.69) is 83.8 Å². The Morgan fingerprint density at radius 1 is 1.04 bits per heavy atom. The first kappa shape index (κ1) is 32.7. The molecule has 0 unspecified atom stereocenters. The monoisotopic (exact) mass is 637 g/mol. The Kier molecular flexibility index (Phi) is 9.12. The number of carbonyl (C=O) groups is 2. The van der Waals surface area contributed by atoms with Gasteiger partial charge in [0.1, 0.15) is 11.9 Å². The molecule has 47 heavy (non-hydrogen) atoms. The number of hydrogen-bond donors (Lipinski definition) is 1. The second-order valence-electron chi connectivity index (χ2n) is 14.4. The smallest absolute Gasteiger partial charge is 0.337 e. The molecule has 3 heterocycles. The molecule has 0 saturated carbocycles. The standard InChI is InChI=1S/C38H47N5O4/c1-37(2,3)27-21-26(35(45)46-6)22-28(23-27)39-34(44)14-9-11-25-15-17-32(31-13-8-7-12-30(25)31)47-29-16-18-33-40-41-36(43(33)24-29)38(4)19-10-20-42(38)5/h7-8,12-13,16,18,21-25,32H,9-11,14-15,17,19-20H2,1-6H3,(H,39,44)/t25-,32+,38-/m0/s1. The van der Waals surface area contributed by atoms with Crippen LogP contribution in [0.3, 0.4) is 0 Å². The largest absolute Gasteiger partial charge is 0.484 e. The number of carbonyl (C=O) groups excluding carboxylic acids is 2. The van der Waals surface area contributed by atoms with Gasteiger partial charge in [0.25, 0.3) is 0 Å². The van der Waals surface area contributed by atoms with Crippen LogP contribution in [0.15, 0.2) is 60.8 Å². The van der Waals surface area contributed by atoms with Crippen LogP contribution in [-0.4, -0.2) is 52.1 Å². The fourth-order valence-electron chi connectivity index (χ4n) is 7.22. The molecule has 1 aliphatic carbocycles. The fraction of sp³-hybridized carbons (Fsp3) is 0.474. The highest BCUT2D eigenvalue weighted by Gasteiger charge is 2.39. The number of esters is 1. The van der Waals surface area contributed by atoms with Crippen LogP contribution in [-0.2, 0) is 20.5 Å². The Morgan fingerprint density at radius 2 is 1.83 bits per heavy atom. The highest BCUT2D eigenvalue weighted by atomic mass is 16.5. The summed E-state index contributed by atoms with van der Waals surface area (Å²) in [7, 11) is 3.52. The third-order valence-corrected chi connectivity index (χ3v) is 10.2. The van der Waals surface area contributed by atoms with Crippen molar-refractivity contribution in [3.05, 3.63) is 88.9 Å². The number of ether oxygens (including phenoxy) is 2. The summed E-state index contributed by atoms with van der Waals surface area (Å²) >= 11 is 0. The van der Waals surface area contributed by atoms with Crippen LogP contribution in [0.25, 0.3) is 5.65 Å². The Balaban J connectivity index is 1.11. The lowest BCUT2D eigenvalue weighted by Gasteiger charge is -2.32. The average molecular weight is 638 g/mol. The first-order valence-corrected chi connectivity index (χ1v) is 16.8. The van der Waals surface area contributed by atoms with Gasteiger partial charge >= 0.3 is 5.97 Å². The van der Waals surface area contributed by atoms with Gasteiger partial charge in [0, 0.05) is 12.1 Å². The number of nitrogens with zero attached hydrogens (tertiary/aromatic N) is 4. The molecule has 0 spiro atoms. The predicted octanol–water partition coefficient (Wildman–Crippen LogP) is 7.56. The average Bonchev–Trinajstić information content (AvgIpc) is 3.63. The summed E-state index contributed by atoms with van der Waals surface area (Å²) in [6.45, 7) is 9.53. The lowest BCUT2D eigenvalue weighted by atomic mass is 9.79. The van der Waals surface area contributed by atoms with Crippen LogP contribution in [0.1, 0.15) is 118 Å². The summed E-state index contributed by atoms with van der Waals surface area (Å²) in [5.41, 5.74) is 5.02. The van der Waals surface area contributed by atoms with E-state index in [1.54, 1.807) is 6.07 Å². The molecule has 0 radical (unpaired) electrons. The van der Waals surface area contributed by atoms with Gasteiger partial charge in [0.05, 0.1) is 24.4 Å². The number of anilines is 1. The zero-order valence-electron chi connectivity index (χ0n) is 28.5. The number of likely N-dealkylation sites (tertiary alicyclic amines) is 1. The highest BCUT2D eigenvalue weighted by molar-refractivity contribution is 5.95. The summed E-state index contributed by atoms with van der Waals surface area (Å²) in [6, 6.07) is 18.0. The molecule has 1 saturated heterocycles. The van der Waals surface area contributed by atoms with Crippen LogP contribution in [0.2, 0.25) is 0 Å². The fourth-order valence-corrected chi connectivity index (χ4v) is 7.22. The van der Waals surface area contributed by atoms with E-state index in [-0.39, 0.29) is 23.0 Å². The van der Waals surface area contributed by atoms with Crippen molar-refractivity contribution in [2.75, 3.05) is 26.0 Å². The molecule has 3 atom stereocenters. The zero-order valence-corrected chi connectivity index (χ0v) is 28.5. The number of nitrogens with one attached hydrogen (secondary N) is 1. The molecule has 248 valence electrons. The van der Waals surface area contributed by atoms with Gasteiger partial charge in [-0.05, 0) is 117 Å². The Bertz CT molecular complexity index is 1780. The molecular weight excluding hydrogens is 590 g/mol. The number of pyridine rings is 1. The van der Waals surface area contributed by atoms with Gasteiger partial charge in [-0.15, -0.1) is 10.2 Å². The summed E-state index contributed by atoms with van der Waals surface area (Å²) in [5.74, 6) is 1.65. The quantitative estimate of drug-likeness (QED) is 0.189. The number of rotatable bonds is 9. The molecule has 9 heteroatoms. The van der Waals surface area contributed by atoms with Gasteiger partial charge < -0.3 is 14.8 Å². The van der Waals surface area contributed by atoms with Gasteiger partial charge in [0.2, 0.25) is 5.91 Å². The van der Waals surface area contributed by atoms with Crippen molar-refractivity contribution >= 4 is 23.2 Å². The van der Waals surface area contributed by atoms with Crippen molar-refractivity contribution in [3.8, 4) is 5.75 Å². The number of benzene rings is 2. The second kappa shape index (κ2) is 13.1. The van der Waals surface area contributed by atoms with Crippen LogP contribution < -0.4 is 10.1 Å². The lowest BCUT2D eigenvalue weighted by Crippen LogP contribution is -2.37. The molecule has 2 aromatic carbocycles. The first-order valence-electron chi connectivity index (χ1n) is 16.8. The summed E-state index contributed by atoms with van der Waals surface area (Å²) < 4.78 is 13.7. The Morgan fingerprint density at radius 3 is 2.55 bits per heavy atom. The van der Waals surface area contributed by atoms with E-state index in [0.717, 1.165) is 67.9 Å². The minimum Gasteiger partial charge on any atom is -0.484 e. The molecule has 4 aromatic rings. The number of aromatic nitrogens is 3. The Labute approximate surface area is 277 Å². The van der Waals surface area contributed by atoms with Gasteiger partial charge in [-0.25, -0.2) is 4.79 Å². The van der Waals surface area contributed by atoms with E-state index in [0.29, 0.717) is 23.6 Å². The third kappa shape index (κ3) is 6.77. The van der Waals surface area contributed by atoms with Crippen molar-refractivity contribution in [1.82, 2.24) is 19.5 Å². The van der Waals surface area contributed by atoms with Crippen molar-refractivity contribution in [1.29, 1.82) is 0 Å².